The van der Waals surface area contributed by atoms with E-state index in [1.807, 2.05) is 10.7 Å². The average molecular weight is 292 g/mol. The van der Waals surface area contributed by atoms with Gasteiger partial charge in [0.2, 0.25) is 0 Å². The Morgan fingerprint density at radius 3 is 2.65 bits per heavy atom. The molecule has 1 atom stereocenters. The Labute approximate surface area is 109 Å². The molecule has 2 heterocycles. The van der Waals surface area contributed by atoms with Gasteiger partial charge in [0, 0.05) is 6.54 Å². The zero-order chi connectivity index (χ0) is 11.7. The minimum atomic E-state index is 0.671. The highest BCUT2D eigenvalue weighted by molar-refractivity contribution is 9.10. The molecule has 0 radical (unpaired) electrons. The molecule has 1 aliphatic rings. The van der Waals surface area contributed by atoms with Crippen LogP contribution in [0.1, 0.15) is 17.9 Å². The normalized spacial score (nSPS) is 19.7. The molecule has 0 spiro atoms. The Kier molecular flexibility index (Phi) is 2.99. The van der Waals surface area contributed by atoms with Gasteiger partial charge in [-0.3, -0.25) is 0 Å². The Balaban J connectivity index is 1.87. The summed E-state index contributed by atoms with van der Waals surface area (Å²) >= 11 is 3.48. The summed E-state index contributed by atoms with van der Waals surface area (Å²) in [5.41, 5.74) is 2.51. The van der Waals surface area contributed by atoms with Crippen molar-refractivity contribution in [3.63, 3.8) is 0 Å². The van der Waals surface area contributed by atoms with Crippen LogP contribution in [-0.4, -0.2) is 22.9 Å². The highest BCUT2D eigenvalue weighted by atomic mass is 79.9. The summed E-state index contributed by atoms with van der Waals surface area (Å²) in [5, 5.41) is 7.67. The van der Waals surface area contributed by atoms with Crippen molar-refractivity contribution in [3.8, 4) is 5.69 Å². The number of halogens is 1. The molecule has 0 amide bonds. The third-order valence-electron chi connectivity index (χ3n) is 3.27. The number of rotatable bonds is 2. The van der Waals surface area contributed by atoms with Gasteiger partial charge in [-0.1, -0.05) is 12.1 Å². The molecule has 1 saturated heterocycles. The molecule has 88 valence electrons. The molecule has 0 bridgehead atoms. The second-order valence-electron chi connectivity index (χ2n) is 4.35. The maximum Gasteiger partial charge on any atom is 0.109 e. The first kappa shape index (κ1) is 11.0. The van der Waals surface area contributed by atoms with Crippen molar-refractivity contribution in [2.24, 2.45) is 0 Å². The fourth-order valence-electron chi connectivity index (χ4n) is 2.30. The van der Waals surface area contributed by atoms with Crippen molar-refractivity contribution < 1.29 is 0 Å². The lowest BCUT2D eigenvalue weighted by molar-refractivity contribution is 0.761. The lowest BCUT2D eigenvalue weighted by Gasteiger charge is -2.10. The summed E-state index contributed by atoms with van der Waals surface area (Å²) in [7, 11) is 0. The first-order valence-corrected chi connectivity index (χ1v) is 6.64. The summed E-state index contributed by atoms with van der Waals surface area (Å²) in [6, 6.07) is 10.6. The van der Waals surface area contributed by atoms with E-state index in [4.69, 9.17) is 0 Å². The van der Waals surface area contributed by atoms with E-state index in [-0.39, 0.29) is 0 Å². The average Bonchev–Trinajstić information content (AvgIpc) is 3.00. The molecule has 2 aromatic rings. The third-order valence-corrected chi connectivity index (χ3v) is 3.87. The van der Waals surface area contributed by atoms with Gasteiger partial charge in [-0.05, 0) is 58.6 Å². The number of nitrogens with one attached hydrogen (secondary N) is 1. The second kappa shape index (κ2) is 4.63. The molecule has 17 heavy (non-hydrogen) atoms. The quantitative estimate of drug-likeness (QED) is 0.922. The van der Waals surface area contributed by atoms with Crippen molar-refractivity contribution in [1.29, 1.82) is 0 Å². The van der Waals surface area contributed by atoms with Gasteiger partial charge in [0.15, 0.2) is 0 Å². The Morgan fingerprint density at radius 1 is 1.24 bits per heavy atom. The van der Waals surface area contributed by atoms with Crippen molar-refractivity contribution in [2.75, 3.05) is 13.1 Å². The van der Waals surface area contributed by atoms with Gasteiger partial charge < -0.3 is 5.32 Å². The summed E-state index contributed by atoms with van der Waals surface area (Å²) < 4.78 is 2.87. The van der Waals surface area contributed by atoms with E-state index in [1.54, 1.807) is 6.20 Å². The van der Waals surface area contributed by atoms with Crippen molar-refractivity contribution >= 4 is 15.9 Å². The minimum Gasteiger partial charge on any atom is -0.316 e. The van der Waals surface area contributed by atoms with Gasteiger partial charge in [-0.15, -0.1) is 0 Å². The van der Waals surface area contributed by atoms with E-state index in [0.717, 1.165) is 23.4 Å². The van der Waals surface area contributed by atoms with Gasteiger partial charge in [0.05, 0.1) is 11.9 Å². The number of benzene rings is 1. The molecule has 4 heteroatoms. The highest BCUT2D eigenvalue weighted by Gasteiger charge is 2.16. The number of aromatic nitrogens is 2. The molecule has 1 aromatic heterocycles. The minimum absolute atomic E-state index is 0.671. The van der Waals surface area contributed by atoms with Gasteiger partial charge in [-0.2, -0.15) is 5.10 Å². The predicted octanol–water partition coefficient (Wildman–Crippen LogP) is 2.71. The van der Waals surface area contributed by atoms with Crippen LogP contribution in [-0.2, 0) is 0 Å². The topological polar surface area (TPSA) is 29.9 Å². The lowest BCUT2D eigenvalue weighted by atomic mass is 9.98. The Hall–Kier alpha value is -1.13. The molecule has 0 saturated carbocycles. The first-order chi connectivity index (χ1) is 8.34. The molecule has 1 aromatic carbocycles. The fraction of sp³-hybridized carbons (Fsp3) is 0.308. The highest BCUT2D eigenvalue weighted by Crippen LogP contribution is 2.24. The van der Waals surface area contributed by atoms with Gasteiger partial charge in [-0.25, -0.2) is 4.68 Å². The SMILES string of the molecule is Brc1ccnn1-c1ccc(C2CCNC2)cc1. The molecular weight excluding hydrogens is 278 g/mol. The van der Waals surface area contributed by atoms with Gasteiger partial charge >= 0.3 is 0 Å². The standard InChI is InChI=1S/C13H14BrN3/c14-13-6-8-16-17(13)12-3-1-10(2-4-12)11-5-7-15-9-11/h1-4,6,8,11,15H,5,7,9H2. The Morgan fingerprint density at radius 2 is 2.06 bits per heavy atom. The molecule has 1 unspecified atom stereocenters. The van der Waals surface area contributed by atoms with Crippen LogP contribution in [0, 0.1) is 0 Å². The van der Waals surface area contributed by atoms with E-state index >= 15 is 0 Å². The molecule has 1 N–H and O–H groups in total. The van der Waals surface area contributed by atoms with Crippen molar-refractivity contribution in [2.45, 2.75) is 12.3 Å². The zero-order valence-electron chi connectivity index (χ0n) is 9.44. The van der Waals surface area contributed by atoms with E-state index in [0.29, 0.717) is 5.92 Å². The van der Waals surface area contributed by atoms with Crippen LogP contribution >= 0.6 is 15.9 Å². The summed E-state index contributed by atoms with van der Waals surface area (Å²) in [5.74, 6) is 0.671. The largest absolute Gasteiger partial charge is 0.316 e. The van der Waals surface area contributed by atoms with E-state index < -0.39 is 0 Å². The number of hydrogen-bond donors (Lipinski definition) is 1. The smallest absolute Gasteiger partial charge is 0.109 e. The number of nitrogens with zero attached hydrogens (tertiary/aromatic N) is 2. The van der Waals surface area contributed by atoms with E-state index in [2.05, 4.69) is 50.6 Å². The van der Waals surface area contributed by atoms with Crippen LogP contribution in [0.3, 0.4) is 0 Å². The monoisotopic (exact) mass is 291 g/mol. The van der Waals surface area contributed by atoms with Crippen LogP contribution in [0.5, 0.6) is 0 Å². The maximum atomic E-state index is 4.27. The van der Waals surface area contributed by atoms with Gasteiger partial charge in [0.25, 0.3) is 0 Å². The molecule has 1 fully saturated rings. The van der Waals surface area contributed by atoms with Crippen LogP contribution in [0.25, 0.3) is 5.69 Å². The van der Waals surface area contributed by atoms with Crippen LogP contribution < -0.4 is 5.32 Å². The van der Waals surface area contributed by atoms with E-state index in [9.17, 15) is 0 Å². The van der Waals surface area contributed by atoms with Gasteiger partial charge in [0.1, 0.15) is 4.60 Å². The molecular formula is C13H14BrN3. The third kappa shape index (κ3) is 2.15. The molecule has 0 aliphatic carbocycles. The predicted molar refractivity (Wildman–Crippen MR) is 71.5 cm³/mol. The second-order valence-corrected chi connectivity index (χ2v) is 5.16. The first-order valence-electron chi connectivity index (χ1n) is 5.85. The van der Waals surface area contributed by atoms with Crippen LogP contribution in [0.2, 0.25) is 0 Å². The molecule has 3 nitrogen and oxygen atoms in total. The number of hydrogen-bond acceptors (Lipinski definition) is 2. The summed E-state index contributed by atoms with van der Waals surface area (Å²) in [4.78, 5) is 0. The fourth-order valence-corrected chi connectivity index (χ4v) is 2.72. The molecule has 1 aliphatic heterocycles. The van der Waals surface area contributed by atoms with Crippen molar-refractivity contribution in [3.05, 3.63) is 46.7 Å². The zero-order valence-corrected chi connectivity index (χ0v) is 11.0. The lowest BCUT2D eigenvalue weighted by Crippen LogP contribution is -2.08. The summed E-state index contributed by atoms with van der Waals surface area (Å²) in [6.07, 6.45) is 3.03. The summed E-state index contributed by atoms with van der Waals surface area (Å²) in [6.45, 7) is 2.24. The van der Waals surface area contributed by atoms with Crippen LogP contribution in [0.4, 0.5) is 0 Å². The van der Waals surface area contributed by atoms with Crippen molar-refractivity contribution in [1.82, 2.24) is 15.1 Å². The van der Waals surface area contributed by atoms with E-state index in [1.165, 1.54) is 12.0 Å². The van der Waals surface area contributed by atoms with Crippen LogP contribution in [0.15, 0.2) is 41.1 Å². The Bertz CT molecular complexity index is 498. The maximum absolute atomic E-state index is 4.27. The molecule has 3 rings (SSSR count).